The van der Waals surface area contributed by atoms with Gasteiger partial charge in [0, 0.05) is 5.92 Å². The van der Waals surface area contributed by atoms with Crippen molar-refractivity contribution >= 4 is 23.5 Å². The molecule has 7 nitrogen and oxygen atoms in total. The normalized spacial score (nSPS) is 14.2. The van der Waals surface area contributed by atoms with Crippen LogP contribution < -0.4 is 10.6 Å². The van der Waals surface area contributed by atoms with Crippen LogP contribution >= 0.6 is 0 Å². The number of carbonyl (C=O) groups excluding carboxylic acids is 2. The molecule has 1 fully saturated rings. The minimum Gasteiger partial charge on any atom is -0.506 e. The number of aromatic nitrogens is 1. The minimum absolute atomic E-state index is 0.000617. The third-order valence-electron chi connectivity index (χ3n) is 3.60. The highest BCUT2D eigenvalue weighted by Gasteiger charge is 2.26. The maximum absolute atomic E-state index is 12.0. The van der Waals surface area contributed by atoms with E-state index in [0.29, 0.717) is 0 Å². The molecule has 1 aromatic heterocycles. The van der Waals surface area contributed by atoms with Crippen LogP contribution in [0, 0.1) is 5.92 Å². The average molecular weight is 301 g/mol. The predicted molar refractivity (Wildman–Crippen MR) is 78.5 cm³/mol. The van der Waals surface area contributed by atoms with Crippen molar-refractivity contribution < 1.29 is 19.1 Å². The fraction of sp³-hybridized carbons (Fsp3) is 0.267. The van der Waals surface area contributed by atoms with Gasteiger partial charge < -0.3 is 14.8 Å². The van der Waals surface area contributed by atoms with Crippen molar-refractivity contribution in [3.05, 3.63) is 36.2 Å². The molecule has 1 saturated carbocycles. The summed E-state index contributed by atoms with van der Waals surface area (Å²) >= 11 is 0. The van der Waals surface area contributed by atoms with E-state index in [9.17, 15) is 14.7 Å². The van der Waals surface area contributed by atoms with E-state index in [1.165, 1.54) is 6.07 Å². The average Bonchev–Trinajstić information content (AvgIpc) is 2.88. The molecule has 0 unspecified atom stereocenters. The van der Waals surface area contributed by atoms with Crippen molar-refractivity contribution in [3.8, 4) is 5.75 Å². The monoisotopic (exact) mass is 301 g/mol. The van der Waals surface area contributed by atoms with Crippen molar-refractivity contribution in [2.75, 3.05) is 10.6 Å². The smallest absolute Gasteiger partial charge is 0.302 e. The topological polar surface area (TPSA) is 104 Å². The molecule has 0 spiro atoms. The number of hydrogen-bond acceptors (Lipinski definition) is 5. The van der Waals surface area contributed by atoms with Crippen LogP contribution in [-0.2, 0) is 4.79 Å². The van der Waals surface area contributed by atoms with Crippen molar-refractivity contribution in [3.63, 3.8) is 0 Å². The zero-order chi connectivity index (χ0) is 15.5. The van der Waals surface area contributed by atoms with Crippen LogP contribution in [0.5, 0.6) is 5.75 Å². The number of benzene rings is 1. The summed E-state index contributed by atoms with van der Waals surface area (Å²) in [4.78, 5) is 27.7. The predicted octanol–water partition coefficient (Wildman–Crippen LogP) is 2.37. The number of phenolic OH excluding ortho intramolecular Hbond substituents is 1. The van der Waals surface area contributed by atoms with E-state index in [2.05, 4.69) is 15.6 Å². The maximum atomic E-state index is 12.0. The molecule has 1 aliphatic rings. The number of carbonyl (C=O) groups is 2. The van der Waals surface area contributed by atoms with Crippen molar-refractivity contribution in [2.45, 2.75) is 19.3 Å². The first kappa shape index (κ1) is 14.1. The molecule has 1 heterocycles. The van der Waals surface area contributed by atoms with Crippen molar-refractivity contribution in [2.24, 2.45) is 5.92 Å². The number of anilines is 2. The molecule has 0 saturated heterocycles. The van der Waals surface area contributed by atoms with Crippen LogP contribution in [0.1, 0.15) is 29.8 Å². The van der Waals surface area contributed by atoms with E-state index in [1.54, 1.807) is 18.2 Å². The van der Waals surface area contributed by atoms with E-state index in [-0.39, 0.29) is 35.0 Å². The second kappa shape index (κ2) is 5.88. The standard InChI is InChI=1S/C15H15N3O4/c19-12-7-2-1-6-10(12)16-14(21)11-8-22-15(17-11)18-13(20)9-4-3-5-9/h1-2,6-9,19H,3-5H2,(H,16,21)(H,17,18,20). The van der Waals surface area contributed by atoms with Crippen LogP contribution in [0.4, 0.5) is 11.7 Å². The second-order valence-electron chi connectivity index (χ2n) is 5.13. The number of oxazole rings is 1. The van der Waals surface area contributed by atoms with Gasteiger partial charge in [-0.3, -0.25) is 14.9 Å². The molecule has 2 amide bonds. The molecule has 0 aliphatic heterocycles. The summed E-state index contributed by atoms with van der Waals surface area (Å²) in [7, 11) is 0. The minimum atomic E-state index is -0.533. The van der Waals surface area contributed by atoms with Gasteiger partial charge in [0.25, 0.3) is 5.91 Å². The highest BCUT2D eigenvalue weighted by Crippen LogP contribution is 2.27. The van der Waals surface area contributed by atoms with Gasteiger partial charge in [-0.25, -0.2) is 0 Å². The van der Waals surface area contributed by atoms with Crippen LogP contribution in [0.15, 0.2) is 34.9 Å². The number of amides is 2. The van der Waals surface area contributed by atoms with E-state index >= 15 is 0 Å². The van der Waals surface area contributed by atoms with Crippen LogP contribution in [0.2, 0.25) is 0 Å². The van der Waals surface area contributed by atoms with Crippen LogP contribution in [0.3, 0.4) is 0 Å². The fourth-order valence-corrected chi connectivity index (χ4v) is 2.08. The number of nitrogens with zero attached hydrogens (tertiary/aromatic N) is 1. The summed E-state index contributed by atoms with van der Waals surface area (Å²) in [6, 6.07) is 6.35. The maximum Gasteiger partial charge on any atom is 0.302 e. The zero-order valence-electron chi connectivity index (χ0n) is 11.7. The molecule has 0 atom stereocenters. The first-order valence-corrected chi connectivity index (χ1v) is 6.99. The summed E-state index contributed by atoms with van der Waals surface area (Å²) in [5.41, 5.74) is 0.294. The molecule has 114 valence electrons. The molecule has 1 aromatic carbocycles. The van der Waals surface area contributed by atoms with Crippen molar-refractivity contribution in [1.29, 1.82) is 0 Å². The van der Waals surface area contributed by atoms with E-state index in [1.807, 2.05) is 0 Å². The Morgan fingerprint density at radius 2 is 2.00 bits per heavy atom. The first-order valence-electron chi connectivity index (χ1n) is 6.99. The Morgan fingerprint density at radius 3 is 2.68 bits per heavy atom. The van der Waals surface area contributed by atoms with Gasteiger partial charge in [-0.1, -0.05) is 18.6 Å². The number of para-hydroxylation sites is 2. The molecule has 2 aromatic rings. The quantitative estimate of drug-likeness (QED) is 0.752. The molecule has 7 heteroatoms. The lowest BCUT2D eigenvalue weighted by Crippen LogP contribution is -2.28. The summed E-state index contributed by atoms with van der Waals surface area (Å²) in [6.45, 7) is 0. The third-order valence-corrected chi connectivity index (χ3v) is 3.60. The van der Waals surface area contributed by atoms with Gasteiger partial charge in [0.15, 0.2) is 5.69 Å². The van der Waals surface area contributed by atoms with E-state index in [4.69, 9.17) is 4.42 Å². The van der Waals surface area contributed by atoms with Crippen molar-refractivity contribution in [1.82, 2.24) is 4.98 Å². The lowest BCUT2D eigenvalue weighted by Gasteiger charge is -2.22. The Kier molecular flexibility index (Phi) is 3.78. The first-order chi connectivity index (χ1) is 10.6. The van der Waals surface area contributed by atoms with E-state index < -0.39 is 5.91 Å². The molecule has 22 heavy (non-hydrogen) atoms. The SMILES string of the molecule is O=C(Nc1ccccc1O)c1coc(NC(=O)C2CCC2)n1. The van der Waals surface area contributed by atoms with Crippen LogP contribution in [0.25, 0.3) is 0 Å². The highest BCUT2D eigenvalue weighted by atomic mass is 16.4. The number of aromatic hydroxyl groups is 1. The third kappa shape index (κ3) is 2.93. The molecule has 1 aliphatic carbocycles. The van der Waals surface area contributed by atoms with Gasteiger partial charge >= 0.3 is 6.01 Å². The molecular formula is C15H15N3O4. The van der Waals surface area contributed by atoms with Gasteiger partial charge in [0.1, 0.15) is 12.0 Å². The Bertz CT molecular complexity index is 706. The highest BCUT2D eigenvalue weighted by molar-refractivity contribution is 6.03. The lowest BCUT2D eigenvalue weighted by molar-refractivity contribution is -0.122. The lowest BCUT2D eigenvalue weighted by atomic mass is 9.85. The number of rotatable bonds is 4. The van der Waals surface area contributed by atoms with Gasteiger partial charge in [0.05, 0.1) is 5.69 Å². The molecule has 3 rings (SSSR count). The number of hydrogen-bond donors (Lipinski definition) is 3. The Labute approximate surface area is 126 Å². The molecule has 0 bridgehead atoms. The molecule has 0 radical (unpaired) electrons. The largest absolute Gasteiger partial charge is 0.506 e. The summed E-state index contributed by atoms with van der Waals surface area (Å²) in [6.07, 6.45) is 3.95. The summed E-state index contributed by atoms with van der Waals surface area (Å²) < 4.78 is 5.08. The van der Waals surface area contributed by atoms with Crippen LogP contribution in [-0.4, -0.2) is 21.9 Å². The van der Waals surface area contributed by atoms with Gasteiger partial charge in [-0.05, 0) is 25.0 Å². The number of phenols is 1. The molecule has 3 N–H and O–H groups in total. The number of nitrogens with one attached hydrogen (secondary N) is 2. The Morgan fingerprint density at radius 1 is 1.23 bits per heavy atom. The summed E-state index contributed by atoms with van der Waals surface area (Å²) in [5, 5.41) is 14.7. The van der Waals surface area contributed by atoms with E-state index in [0.717, 1.165) is 25.5 Å². The van der Waals surface area contributed by atoms with Gasteiger partial charge in [-0.2, -0.15) is 4.98 Å². The van der Waals surface area contributed by atoms with Gasteiger partial charge in [-0.15, -0.1) is 0 Å². The molecular weight excluding hydrogens is 286 g/mol. The Balaban J connectivity index is 1.64. The fourth-order valence-electron chi connectivity index (χ4n) is 2.08. The second-order valence-corrected chi connectivity index (χ2v) is 5.13. The van der Waals surface area contributed by atoms with Gasteiger partial charge in [0.2, 0.25) is 5.91 Å². The Hall–Kier alpha value is -2.83. The zero-order valence-corrected chi connectivity index (χ0v) is 11.7. The summed E-state index contributed by atoms with van der Waals surface area (Å²) in [5.74, 6) is -0.710.